The number of piperidine rings is 1. The van der Waals surface area contributed by atoms with Crippen molar-refractivity contribution in [1.82, 2.24) is 24.6 Å². The fourth-order valence-electron chi connectivity index (χ4n) is 6.21. The molecule has 0 unspecified atom stereocenters. The van der Waals surface area contributed by atoms with Crippen LogP contribution in [0.25, 0.3) is 11.2 Å². The first kappa shape index (κ1) is 25.7. The Hall–Kier alpha value is -1.93. The lowest BCUT2D eigenvalue weighted by Gasteiger charge is -2.46. The molecule has 0 bridgehead atoms. The van der Waals surface area contributed by atoms with Crippen LogP contribution in [-0.2, 0) is 0 Å². The molecule has 2 saturated heterocycles. The Morgan fingerprint density at radius 2 is 1.94 bits per heavy atom. The molecule has 0 spiro atoms. The number of fused-ring (bicyclic) bond motifs is 1. The largest absolute Gasteiger partial charge is 0.389 e. The van der Waals surface area contributed by atoms with Crippen LogP contribution < -0.4 is 4.90 Å². The van der Waals surface area contributed by atoms with Gasteiger partial charge < -0.3 is 10.0 Å². The third-order valence-electron chi connectivity index (χ3n) is 8.06. The van der Waals surface area contributed by atoms with E-state index in [1.54, 1.807) is 6.07 Å². The Morgan fingerprint density at radius 1 is 1.17 bits per heavy atom. The maximum Gasteiger partial charge on any atom is 0.179 e. The minimum Gasteiger partial charge on any atom is -0.389 e. The Bertz CT molecular complexity index is 1260. The number of rotatable bonds is 5. The van der Waals surface area contributed by atoms with E-state index in [9.17, 15) is 5.11 Å². The number of halogens is 2. The van der Waals surface area contributed by atoms with Gasteiger partial charge in [-0.05, 0) is 77.1 Å². The third kappa shape index (κ3) is 4.71. The van der Waals surface area contributed by atoms with Crippen molar-refractivity contribution < 1.29 is 5.11 Å². The summed E-state index contributed by atoms with van der Waals surface area (Å²) >= 11 is 12.6. The van der Waals surface area contributed by atoms with E-state index in [-0.39, 0.29) is 12.1 Å². The highest BCUT2D eigenvalue weighted by molar-refractivity contribution is 6.35. The Labute approximate surface area is 223 Å². The summed E-state index contributed by atoms with van der Waals surface area (Å²) < 4.78 is 1.92. The number of anilines is 1. The monoisotopic (exact) mass is 530 g/mol. The zero-order valence-corrected chi connectivity index (χ0v) is 23.3. The van der Waals surface area contributed by atoms with Crippen LogP contribution in [0.2, 0.25) is 10.0 Å². The predicted molar refractivity (Wildman–Crippen MR) is 146 cm³/mol. The van der Waals surface area contributed by atoms with E-state index >= 15 is 0 Å². The maximum atomic E-state index is 10.7. The third-order valence-corrected chi connectivity index (χ3v) is 8.62. The molecule has 194 valence electrons. The molecule has 3 aromatic rings. The molecule has 9 heteroatoms. The summed E-state index contributed by atoms with van der Waals surface area (Å²) in [5.74, 6) is 1.33. The molecule has 5 rings (SSSR count). The SMILES string of the molecule is Cc1nn([C@H](C)c2ccc(Cl)cc2Cl)c2nc(N3CC[C@H](N4CCC[C@H]4C(C)(C)O)[C@H](C)C3)cnc12. The highest BCUT2D eigenvalue weighted by atomic mass is 35.5. The molecule has 2 aliphatic heterocycles. The average molecular weight is 532 g/mol. The van der Waals surface area contributed by atoms with Gasteiger partial charge >= 0.3 is 0 Å². The highest BCUT2D eigenvalue weighted by Gasteiger charge is 2.42. The van der Waals surface area contributed by atoms with Crippen molar-refractivity contribution in [1.29, 1.82) is 0 Å². The summed E-state index contributed by atoms with van der Waals surface area (Å²) in [6, 6.07) is 6.14. The van der Waals surface area contributed by atoms with Crippen LogP contribution >= 0.6 is 23.2 Å². The molecular weight excluding hydrogens is 495 g/mol. The summed E-state index contributed by atoms with van der Waals surface area (Å²) in [4.78, 5) is 14.7. The minimum atomic E-state index is -0.677. The number of nitrogens with zero attached hydrogens (tertiary/aromatic N) is 6. The van der Waals surface area contributed by atoms with Gasteiger partial charge in [0, 0.05) is 35.2 Å². The van der Waals surface area contributed by atoms with E-state index in [0.29, 0.717) is 22.0 Å². The van der Waals surface area contributed by atoms with Gasteiger partial charge in [-0.1, -0.05) is 36.2 Å². The van der Waals surface area contributed by atoms with Crippen LogP contribution in [0.15, 0.2) is 24.4 Å². The molecule has 7 nitrogen and oxygen atoms in total. The number of aliphatic hydroxyl groups is 1. The molecule has 0 saturated carbocycles. The summed E-state index contributed by atoms with van der Waals surface area (Å²) in [5.41, 5.74) is 2.69. The van der Waals surface area contributed by atoms with E-state index in [0.717, 1.165) is 67.1 Å². The molecular formula is C27H36Cl2N6O. The molecule has 4 heterocycles. The van der Waals surface area contributed by atoms with Crippen molar-refractivity contribution in [3.8, 4) is 0 Å². The van der Waals surface area contributed by atoms with Crippen molar-refractivity contribution in [2.24, 2.45) is 5.92 Å². The van der Waals surface area contributed by atoms with Gasteiger partial charge in [0.15, 0.2) is 5.65 Å². The van der Waals surface area contributed by atoms with Crippen molar-refractivity contribution in [2.45, 2.75) is 77.6 Å². The normalized spacial score (nSPS) is 24.6. The van der Waals surface area contributed by atoms with Crippen LogP contribution in [0, 0.1) is 12.8 Å². The van der Waals surface area contributed by atoms with Gasteiger partial charge in [-0.2, -0.15) is 5.10 Å². The molecule has 1 N–H and O–H groups in total. The van der Waals surface area contributed by atoms with Gasteiger partial charge in [0.1, 0.15) is 11.3 Å². The quantitative estimate of drug-likeness (QED) is 0.469. The van der Waals surface area contributed by atoms with Crippen LogP contribution in [-0.4, -0.2) is 67.1 Å². The first-order valence-electron chi connectivity index (χ1n) is 12.9. The number of benzene rings is 1. The zero-order chi connectivity index (χ0) is 25.8. The second-order valence-corrected chi connectivity index (χ2v) is 11.9. The molecule has 0 amide bonds. The lowest BCUT2D eigenvalue weighted by Crippen LogP contribution is -2.56. The number of likely N-dealkylation sites (tertiary alicyclic amines) is 1. The van der Waals surface area contributed by atoms with Gasteiger partial charge in [0.25, 0.3) is 0 Å². The topological polar surface area (TPSA) is 70.3 Å². The van der Waals surface area contributed by atoms with Gasteiger partial charge in [0.05, 0.1) is 23.5 Å². The van der Waals surface area contributed by atoms with E-state index in [4.69, 9.17) is 38.3 Å². The van der Waals surface area contributed by atoms with E-state index in [1.807, 2.05) is 43.8 Å². The summed E-state index contributed by atoms with van der Waals surface area (Å²) in [6.07, 6.45) is 5.15. The molecule has 4 atom stereocenters. The molecule has 0 aliphatic carbocycles. The molecule has 2 fully saturated rings. The standard InChI is InChI=1S/C27H36Cl2N6O/c1-16-15-33(12-10-22(16)34-11-6-7-23(34)27(4,5)36)24-14-30-25-17(2)32-35(26(25)31-24)18(3)20-9-8-19(28)13-21(20)29/h8-9,13-14,16,18,22-23,36H,6-7,10-12,15H2,1-5H3/t16-,18-,22+,23+/m1/s1. The van der Waals surface area contributed by atoms with Crippen LogP contribution in [0.1, 0.15) is 64.3 Å². The fourth-order valence-corrected chi connectivity index (χ4v) is 6.78. The second-order valence-electron chi connectivity index (χ2n) is 11.1. The number of hydrogen-bond donors (Lipinski definition) is 1. The molecule has 2 aromatic heterocycles. The van der Waals surface area contributed by atoms with Crippen molar-refractivity contribution in [3.63, 3.8) is 0 Å². The predicted octanol–water partition coefficient (Wildman–Crippen LogP) is 5.50. The fraction of sp³-hybridized carbons (Fsp3) is 0.593. The Kier molecular flexibility index (Phi) is 6.96. The van der Waals surface area contributed by atoms with Crippen molar-refractivity contribution in [2.75, 3.05) is 24.5 Å². The smallest absolute Gasteiger partial charge is 0.179 e. The minimum absolute atomic E-state index is 0.117. The van der Waals surface area contributed by atoms with Gasteiger partial charge in [0.2, 0.25) is 0 Å². The number of aromatic nitrogens is 4. The number of hydrogen-bond acceptors (Lipinski definition) is 6. The first-order chi connectivity index (χ1) is 17.0. The van der Waals surface area contributed by atoms with Gasteiger partial charge in [-0.3, -0.25) is 4.90 Å². The average Bonchev–Trinajstić information content (AvgIpc) is 3.43. The molecule has 2 aliphatic rings. The van der Waals surface area contributed by atoms with E-state index in [2.05, 4.69) is 23.6 Å². The lowest BCUT2D eigenvalue weighted by atomic mass is 9.89. The summed E-state index contributed by atoms with van der Waals surface area (Å²) in [7, 11) is 0. The maximum absolute atomic E-state index is 10.7. The molecule has 0 radical (unpaired) electrons. The van der Waals surface area contributed by atoms with E-state index in [1.165, 1.54) is 0 Å². The van der Waals surface area contributed by atoms with E-state index < -0.39 is 5.60 Å². The lowest BCUT2D eigenvalue weighted by molar-refractivity contribution is -0.0284. The zero-order valence-electron chi connectivity index (χ0n) is 21.7. The summed E-state index contributed by atoms with van der Waals surface area (Å²) in [5, 5.41) is 16.7. The number of aryl methyl sites for hydroxylation is 1. The Balaban J connectivity index is 1.40. The second kappa shape index (κ2) is 9.75. The van der Waals surface area contributed by atoms with Crippen LogP contribution in [0.4, 0.5) is 5.82 Å². The van der Waals surface area contributed by atoms with Gasteiger partial charge in [-0.15, -0.1) is 0 Å². The molecule has 36 heavy (non-hydrogen) atoms. The highest BCUT2D eigenvalue weighted by Crippen LogP contribution is 2.35. The van der Waals surface area contributed by atoms with Crippen molar-refractivity contribution >= 4 is 40.2 Å². The van der Waals surface area contributed by atoms with Crippen LogP contribution in [0.3, 0.4) is 0 Å². The first-order valence-corrected chi connectivity index (χ1v) is 13.7. The summed E-state index contributed by atoms with van der Waals surface area (Å²) in [6.45, 7) is 13.1. The van der Waals surface area contributed by atoms with Crippen LogP contribution in [0.5, 0.6) is 0 Å². The van der Waals surface area contributed by atoms with Gasteiger partial charge in [-0.25, -0.2) is 14.6 Å². The van der Waals surface area contributed by atoms with Crippen molar-refractivity contribution in [3.05, 3.63) is 45.7 Å². The molecule has 1 aromatic carbocycles. The Morgan fingerprint density at radius 3 is 2.64 bits per heavy atom.